The Morgan fingerprint density at radius 3 is 2.07 bits per heavy atom. The fourth-order valence-electron chi connectivity index (χ4n) is 4.98. The lowest BCUT2D eigenvalue weighted by atomic mass is 10.0. The van der Waals surface area contributed by atoms with Crippen LogP contribution in [0.3, 0.4) is 0 Å². The van der Waals surface area contributed by atoms with Crippen molar-refractivity contribution in [3.05, 3.63) is 90.2 Å². The Morgan fingerprint density at radius 1 is 0.837 bits per heavy atom. The first-order valence-corrected chi connectivity index (χ1v) is 16.0. The van der Waals surface area contributed by atoms with E-state index in [0.29, 0.717) is 12.1 Å². The molecule has 0 bridgehead atoms. The van der Waals surface area contributed by atoms with Gasteiger partial charge in [-0.25, -0.2) is 22.9 Å². The second-order valence-electron chi connectivity index (χ2n) is 10.6. The summed E-state index contributed by atoms with van der Waals surface area (Å²) in [7, 11) is 0. The number of hydrogen-bond donors (Lipinski definition) is 3. The largest absolute Gasteiger partial charge is 0.335 e. The van der Waals surface area contributed by atoms with E-state index < -0.39 is 29.2 Å². The summed E-state index contributed by atoms with van der Waals surface area (Å²) in [5.74, 6) is -2.43. The Labute approximate surface area is 256 Å². The van der Waals surface area contributed by atoms with Crippen molar-refractivity contribution in [2.24, 2.45) is 0 Å². The van der Waals surface area contributed by atoms with E-state index in [0.717, 1.165) is 91.2 Å². The van der Waals surface area contributed by atoms with Gasteiger partial charge in [-0.3, -0.25) is 0 Å². The number of aromatic amines is 1. The predicted octanol–water partition coefficient (Wildman–Crippen LogP) is 9.97. The van der Waals surface area contributed by atoms with Crippen molar-refractivity contribution >= 4 is 23.5 Å². The number of benzene rings is 3. The molecule has 43 heavy (non-hydrogen) atoms. The number of nitrogens with one attached hydrogen (secondary N) is 3. The molecule has 0 aliphatic carbocycles. The van der Waals surface area contributed by atoms with Crippen molar-refractivity contribution in [3.63, 3.8) is 0 Å². The number of anilines is 1. The molecule has 0 radical (unpaired) electrons. The molecule has 0 saturated heterocycles. The van der Waals surface area contributed by atoms with Gasteiger partial charge in [-0.05, 0) is 19.3 Å². The molecule has 0 aliphatic heterocycles. The Kier molecular flexibility index (Phi) is 12.6. The Balaban J connectivity index is 1.28. The quantitative estimate of drug-likeness (QED) is 0.0876. The second kappa shape index (κ2) is 16.8. The van der Waals surface area contributed by atoms with Crippen LogP contribution < -0.4 is 10.6 Å². The maximum absolute atomic E-state index is 14.0. The smallest absolute Gasteiger partial charge is 0.319 e. The van der Waals surface area contributed by atoms with Crippen LogP contribution in [0.15, 0.2) is 78.0 Å². The SMILES string of the molecule is CCCCCCC(CCCCCSc1nc(-c2ccccc2)c(-c2ccccc2)[nH]1)NC(=O)Nc1c(F)cc(F)cc1F. The molecular weight excluding hydrogens is 569 g/mol. The predicted molar refractivity (Wildman–Crippen MR) is 170 cm³/mol. The molecule has 1 aromatic heterocycles. The number of amides is 2. The van der Waals surface area contributed by atoms with Crippen LogP contribution in [-0.4, -0.2) is 27.8 Å². The van der Waals surface area contributed by atoms with Crippen molar-refractivity contribution in [2.45, 2.75) is 75.9 Å². The number of aromatic nitrogens is 2. The van der Waals surface area contributed by atoms with E-state index in [4.69, 9.17) is 4.98 Å². The van der Waals surface area contributed by atoms with Crippen LogP contribution >= 0.6 is 11.8 Å². The first-order chi connectivity index (χ1) is 20.9. The van der Waals surface area contributed by atoms with Gasteiger partial charge in [-0.2, -0.15) is 0 Å². The van der Waals surface area contributed by atoms with Gasteiger partial charge in [0.15, 0.2) is 16.8 Å². The standard InChI is InChI=1S/C34H39F3N4OS/c1-2-3-4-12-19-27(38-33(42)39-32-28(36)22-26(35)23-29(32)37)20-13-7-14-21-43-34-40-30(24-15-8-5-9-16-24)31(41-34)25-17-10-6-11-18-25/h5-6,8-11,15-18,22-23,27H,2-4,7,12-14,19-21H2,1H3,(H,40,41)(H2,38,39,42). The number of carbonyl (C=O) groups is 1. The zero-order chi connectivity index (χ0) is 30.4. The summed E-state index contributed by atoms with van der Waals surface area (Å²) in [6.45, 7) is 2.14. The molecule has 9 heteroatoms. The van der Waals surface area contributed by atoms with Crippen LogP contribution in [-0.2, 0) is 0 Å². The van der Waals surface area contributed by atoms with Gasteiger partial charge in [0, 0.05) is 35.1 Å². The van der Waals surface area contributed by atoms with Gasteiger partial charge in [0.2, 0.25) is 0 Å². The number of hydrogen-bond acceptors (Lipinski definition) is 3. The van der Waals surface area contributed by atoms with Gasteiger partial charge >= 0.3 is 6.03 Å². The highest BCUT2D eigenvalue weighted by molar-refractivity contribution is 7.99. The maximum atomic E-state index is 14.0. The Hall–Kier alpha value is -3.72. The van der Waals surface area contributed by atoms with Gasteiger partial charge < -0.3 is 15.6 Å². The molecule has 0 saturated carbocycles. The van der Waals surface area contributed by atoms with E-state index in [1.807, 2.05) is 36.4 Å². The molecule has 1 atom stereocenters. The normalized spacial score (nSPS) is 11.8. The molecule has 0 spiro atoms. The van der Waals surface area contributed by atoms with Crippen LogP contribution in [0.2, 0.25) is 0 Å². The molecule has 1 heterocycles. The minimum absolute atomic E-state index is 0.122. The van der Waals surface area contributed by atoms with Crippen molar-refractivity contribution in [1.82, 2.24) is 15.3 Å². The molecule has 5 nitrogen and oxygen atoms in total. The number of urea groups is 1. The zero-order valence-electron chi connectivity index (χ0n) is 24.5. The van der Waals surface area contributed by atoms with Gasteiger partial charge in [-0.1, -0.05) is 118 Å². The van der Waals surface area contributed by atoms with E-state index in [1.165, 1.54) is 0 Å². The van der Waals surface area contributed by atoms with Crippen LogP contribution in [0.5, 0.6) is 0 Å². The molecule has 0 aliphatic rings. The average molecular weight is 609 g/mol. The Morgan fingerprint density at radius 2 is 1.44 bits per heavy atom. The third-order valence-corrected chi connectivity index (χ3v) is 8.17. The highest BCUT2D eigenvalue weighted by Gasteiger charge is 2.18. The molecule has 2 amide bonds. The molecule has 1 unspecified atom stereocenters. The highest BCUT2D eigenvalue weighted by Crippen LogP contribution is 2.33. The number of nitrogens with zero attached hydrogens (tertiary/aromatic N) is 1. The van der Waals surface area contributed by atoms with E-state index >= 15 is 0 Å². The summed E-state index contributed by atoms with van der Waals surface area (Å²) in [5, 5.41) is 5.97. The summed E-state index contributed by atoms with van der Waals surface area (Å²) in [6.07, 6.45) is 8.65. The van der Waals surface area contributed by atoms with Crippen molar-refractivity contribution in [2.75, 3.05) is 11.1 Å². The first-order valence-electron chi connectivity index (χ1n) is 15.0. The summed E-state index contributed by atoms with van der Waals surface area (Å²) >= 11 is 1.69. The molecule has 0 fully saturated rings. The minimum Gasteiger partial charge on any atom is -0.335 e. The summed E-state index contributed by atoms with van der Waals surface area (Å²) < 4.78 is 41.2. The van der Waals surface area contributed by atoms with Crippen LogP contribution in [0.25, 0.3) is 22.5 Å². The van der Waals surface area contributed by atoms with E-state index in [-0.39, 0.29) is 6.04 Å². The van der Waals surface area contributed by atoms with Gasteiger partial charge in [0.05, 0.1) is 11.4 Å². The van der Waals surface area contributed by atoms with Crippen LogP contribution in [0.1, 0.15) is 64.7 Å². The molecule has 4 rings (SSSR count). The van der Waals surface area contributed by atoms with Crippen molar-refractivity contribution in [1.29, 1.82) is 0 Å². The monoisotopic (exact) mass is 608 g/mol. The highest BCUT2D eigenvalue weighted by atomic mass is 32.2. The van der Waals surface area contributed by atoms with Gasteiger partial charge in [-0.15, -0.1) is 0 Å². The lowest BCUT2D eigenvalue weighted by molar-refractivity contribution is 0.246. The lowest BCUT2D eigenvalue weighted by Crippen LogP contribution is -2.38. The molecular formula is C34H39F3N4OS. The van der Waals surface area contributed by atoms with E-state index in [1.54, 1.807) is 11.8 Å². The fraction of sp³-hybridized carbons (Fsp3) is 0.353. The zero-order valence-corrected chi connectivity index (χ0v) is 25.3. The van der Waals surface area contributed by atoms with Crippen LogP contribution in [0, 0.1) is 17.5 Å². The van der Waals surface area contributed by atoms with Crippen molar-refractivity contribution in [3.8, 4) is 22.5 Å². The molecule has 228 valence electrons. The average Bonchev–Trinajstić information content (AvgIpc) is 3.44. The Bertz CT molecular complexity index is 1350. The maximum Gasteiger partial charge on any atom is 0.319 e. The topological polar surface area (TPSA) is 69.8 Å². The number of halogens is 3. The molecule has 4 aromatic rings. The summed E-state index contributed by atoms with van der Waals surface area (Å²) in [5.41, 5.74) is 3.45. The van der Waals surface area contributed by atoms with Crippen LogP contribution in [0.4, 0.5) is 23.7 Å². The fourth-order valence-corrected chi connectivity index (χ4v) is 5.85. The third-order valence-electron chi connectivity index (χ3n) is 7.21. The van der Waals surface area contributed by atoms with E-state index in [9.17, 15) is 18.0 Å². The number of thioether (sulfide) groups is 1. The van der Waals surface area contributed by atoms with Gasteiger partial charge in [0.1, 0.15) is 11.5 Å². The number of H-pyrrole nitrogens is 1. The minimum atomic E-state index is -1.15. The third kappa shape index (κ3) is 9.92. The number of carbonyl (C=O) groups excluding carboxylic acids is 1. The summed E-state index contributed by atoms with van der Waals surface area (Å²) in [4.78, 5) is 21.0. The van der Waals surface area contributed by atoms with E-state index in [2.05, 4.69) is 46.8 Å². The lowest BCUT2D eigenvalue weighted by Gasteiger charge is -2.19. The first kappa shape index (κ1) is 32.2. The molecule has 3 N–H and O–H groups in total. The second-order valence-corrected chi connectivity index (χ2v) is 11.7. The van der Waals surface area contributed by atoms with Crippen molar-refractivity contribution < 1.29 is 18.0 Å². The summed E-state index contributed by atoms with van der Waals surface area (Å²) in [6, 6.07) is 20.6. The number of imidazole rings is 1. The van der Waals surface area contributed by atoms with Gasteiger partial charge in [0.25, 0.3) is 0 Å². The number of rotatable bonds is 16. The molecule has 3 aromatic carbocycles. The number of unbranched alkanes of at least 4 members (excludes halogenated alkanes) is 5.